The molecule has 2 rings (SSSR count). The third-order valence-corrected chi connectivity index (χ3v) is 5.74. The van der Waals surface area contributed by atoms with Gasteiger partial charge in [0.1, 0.15) is 0 Å². The van der Waals surface area contributed by atoms with Gasteiger partial charge in [0.25, 0.3) is 10.0 Å². The first kappa shape index (κ1) is 16.2. The number of benzene rings is 1. The molecule has 0 saturated carbocycles. The Morgan fingerprint density at radius 3 is 2.86 bits per heavy atom. The number of likely N-dealkylation sites (N-methyl/N-ethyl adjacent to an activating group) is 1. The van der Waals surface area contributed by atoms with E-state index in [-0.39, 0.29) is 4.90 Å². The van der Waals surface area contributed by atoms with Gasteiger partial charge in [0.2, 0.25) is 0 Å². The Bertz CT molecular complexity index is 729. The minimum absolute atomic E-state index is 0.168. The molecule has 5 nitrogen and oxygen atoms in total. The molecule has 0 aliphatic rings. The van der Waals surface area contributed by atoms with Crippen molar-refractivity contribution in [3.8, 4) is 0 Å². The van der Waals surface area contributed by atoms with Crippen molar-refractivity contribution in [1.29, 1.82) is 0 Å². The van der Waals surface area contributed by atoms with Gasteiger partial charge in [0, 0.05) is 23.4 Å². The van der Waals surface area contributed by atoms with Gasteiger partial charge >= 0.3 is 0 Å². The van der Waals surface area contributed by atoms with E-state index in [2.05, 4.69) is 15.0 Å². The van der Waals surface area contributed by atoms with Crippen LogP contribution in [0.5, 0.6) is 0 Å². The Morgan fingerprint density at radius 2 is 2.14 bits per heavy atom. The van der Waals surface area contributed by atoms with Gasteiger partial charge in [-0.15, -0.1) is 11.3 Å². The van der Waals surface area contributed by atoms with Crippen molar-refractivity contribution in [3.05, 3.63) is 39.9 Å². The first-order chi connectivity index (χ1) is 9.94. The van der Waals surface area contributed by atoms with E-state index >= 15 is 0 Å². The molecule has 0 atom stereocenters. The van der Waals surface area contributed by atoms with Crippen LogP contribution in [0.4, 0.5) is 5.13 Å². The normalized spacial score (nSPS) is 11.6. The maximum atomic E-state index is 12.4. The second-order valence-electron chi connectivity index (χ2n) is 4.47. The molecule has 0 aliphatic heterocycles. The summed E-state index contributed by atoms with van der Waals surface area (Å²) >= 11 is 7.24. The quantitative estimate of drug-likeness (QED) is 0.844. The summed E-state index contributed by atoms with van der Waals surface area (Å²) in [5, 5.41) is 5.66. The summed E-state index contributed by atoms with van der Waals surface area (Å²) in [5.41, 5.74) is 1.38. The molecular weight excluding hydrogens is 330 g/mol. The van der Waals surface area contributed by atoms with Crippen LogP contribution < -0.4 is 10.0 Å². The number of hydrogen-bond donors (Lipinski definition) is 2. The molecule has 1 aromatic heterocycles. The van der Waals surface area contributed by atoms with Crippen LogP contribution in [0.1, 0.15) is 11.3 Å². The molecule has 21 heavy (non-hydrogen) atoms. The van der Waals surface area contributed by atoms with Crippen LogP contribution in [-0.4, -0.2) is 27.0 Å². The predicted octanol–water partition coefficient (Wildman–Crippen LogP) is 2.67. The second kappa shape index (κ2) is 6.74. The lowest BCUT2D eigenvalue weighted by Crippen LogP contribution is -2.14. The zero-order valence-electron chi connectivity index (χ0n) is 11.7. The lowest BCUT2D eigenvalue weighted by molar-refractivity contribution is 0.600. The molecule has 0 amide bonds. The summed E-state index contributed by atoms with van der Waals surface area (Å²) in [4.78, 5) is 4.43. The number of hydrogen-bond acceptors (Lipinski definition) is 5. The Hall–Kier alpha value is -1.15. The van der Waals surface area contributed by atoms with E-state index < -0.39 is 10.0 Å². The van der Waals surface area contributed by atoms with Crippen molar-refractivity contribution in [2.75, 3.05) is 18.3 Å². The smallest absolute Gasteiger partial charge is 0.263 e. The van der Waals surface area contributed by atoms with E-state index in [0.717, 1.165) is 18.7 Å². The average molecular weight is 346 g/mol. The van der Waals surface area contributed by atoms with Crippen LogP contribution >= 0.6 is 22.9 Å². The SMILES string of the molecule is CNCCc1csc(NS(=O)(=O)c2cccc(Cl)c2C)n1. The number of nitrogens with one attached hydrogen (secondary N) is 2. The van der Waals surface area contributed by atoms with Crippen molar-refractivity contribution in [2.24, 2.45) is 0 Å². The zero-order chi connectivity index (χ0) is 15.5. The van der Waals surface area contributed by atoms with Crippen LogP contribution in [0, 0.1) is 6.92 Å². The molecule has 0 bridgehead atoms. The van der Waals surface area contributed by atoms with Gasteiger partial charge in [-0.05, 0) is 31.7 Å². The molecule has 8 heteroatoms. The molecule has 1 heterocycles. The monoisotopic (exact) mass is 345 g/mol. The van der Waals surface area contributed by atoms with Crippen LogP contribution in [0.25, 0.3) is 0 Å². The number of nitrogens with zero attached hydrogens (tertiary/aromatic N) is 1. The van der Waals surface area contributed by atoms with Gasteiger partial charge in [-0.3, -0.25) is 4.72 Å². The Morgan fingerprint density at radius 1 is 1.38 bits per heavy atom. The van der Waals surface area contributed by atoms with E-state index in [1.54, 1.807) is 19.1 Å². The van der Waals surface area contributed by atoms with Gasteiger partial charge < -0.3 is 5.32 Å². The summed E-state index contributed by atoms with van der Waals surface area (Å²) in [6, 6.07) is 4.80. The van der Waals surface area contributed by atoms with Crippen LogP contribution in [0.2, 0.25) is 5.02 Å². The highest BCUT2D eigenvalue weighted by atomic mass is 35.5. The highest BCUT2D eigenvalue weighted by molar-refractivity contribution is 7.93. The highest BCUT2D eigenvalue weighted by Crippen LogP contribution is 2.26. The van der Waals surface area contributed by atoms with Crippen molar-refractivity contribution >= 4 is 38.1 Å². The van der Waals surface area contributed by atoms with Gasteiger partial charge in [0.15, 0.2) is 5.13 Å². The fraction of sp³-hybridized carbons (Fsp3) is 0.308. The van der Waals surface area contributed by atoms with Crippen molar-refractivity contribution in [3.63, 3.8) is 0 Å². The standard InChI is InChI=1S/C13H16ClN3O2S2/c1-9-11(14)4-3-5-12(9)21(18,19)17-13-16-10(8-20-13)6-7-15-2/h3-5,8,15H,6-7H2,1-2H3,(H,16,17). The Kier molecular flexibility index (Phi) is 5.21. The van der Waals surface area contributed by atoms with E-state index in [0.29, 0.717) is 15.7 Å². The number of halogens is 1. The topological polar surface area (TPSA) is 71.1 Å². The van der Waals surface area contributed by atoms with Crippen LogP contribution in [0.15, 0.2) is 28.5 Å². The molecule has 0 fully saturated rings. The van der Waals surface area contributed by atoms with Crippen molar-refractivity contribution in [2.45, 2.75) is 18.2 Å². The van der Waals surface area contributed by atoms with E-state index in [4.69, 9.17) is 11.6 Å². The molecule has 0 radical (unpaired) electrons. The second-order valence-corrected chi connectivity index (χ2v) is 7.38. The summed E-state index contributed by atoms with van der Waals surface area (Å²) in [5.74, 6) is 0. The minimum Gasteiger partial charge on any atom is -0.319 e. The lowest BCUT2D eigenvalue weighted by Gasteiger charge is -2.09. The van der Waals surface area contributed by atoms with Crippen molar-refractivity contribution < 1.29 is 8.42 Å². The van der Waals surface area contributed by atoms with Gasteiger partial charge in [-0.25, -0.2) is 13.4 Å². The Balaban J connectivity index is 2.21. The third kappa shape index (κ3) is 3.94. The van der Waals surface area contributed by atoms with E-state index in [9.17, 15) is 8.42 Å². The predicted molar refractivity (Wildman–Crippen MR) is 86.7 cm³/mol. The number of sulfonamides is 1. The van der Waals surface area contributed by atoms with E-state index in [1.165, 1.54) is 17.4 Å². The highest BCUT2D eigenvalue weighted by Gasteiger charge is 2.19. The van der Waals surface area contributed by atoms with Gasteiger partial charge in [0.05, 0.1) is 10.6 Å². The summed E-state index contributed by atoms with van der Waals surface area (Å²) in [7, 11) is -1.82. The van der Waals surface area contributed by atoms with Crippen LogP contribution in [0.3, 0.4) is 0 Å². The number of thiazole rings is 1. The van der Waals surface area contributed by atoms with Crippen molar-refractivity contribution in [1.82, 2.24) is 10.3 Å². The lowest BCUT2D eigenvalue weighted by atomic mass is 10.2. The number of anilines is 1. The number of rotatable bonds is 6. The maximum Gasteiger partial charge on any atom is 0.263 e. The molecule has 114 valence electrons. The largest absolute Gasteiger partial charge is 0.319 e. The van der Waals surface area contributed by atoms with E-state index in [1.807, 2.05) is 12.4 Å². The van der Waals surface area contributed by atoms with Gasteiger partial charge in [-0.2, -0.15) is 0 Å². The first-order valence-electron chi connectivity index (χ1n) is 6.31. The fourth-order valence-electron chi connectivity index (χ4n) is 1.77. The van der Waals surface area contributed by atoms with Gasteiger partial charge in [-0.1, -0.05) is 17.7 Å². The Labute approximate surface area is 133 Å². The number of aromatic nitrogens is 1. The molecule has 0 aliphatic carbocycles. The zero-order valence-corrected chi connectivity index (χ0v) is 14.1. The minimum atomic E-state index is -3.68. The molecule has 0 spiro atoms. The fourth-order valence-corrected chi connectivity index (χ4v) is 4.27. The molecule has 0 unspecified atom stereocenters. The third-order valence-electron chi connectivity index (χ3n) is 2.91. The molecular formula is C13H16ClN3O2S2. The van der Waals surface area contributed by atoms with Crippen LogP contribution in [-0.2, 0) is 16.4 Å². The summed E-state index contributed by atoms with van der Waals surface area (Å²) in [6.45, 7) is 2.47. The molecule has 0 saturated heterocycles. The molecule has 2 N–H and O–H groups in total. The summed E-state index contributed by atoms with van der Waals surface area (Å²) in [6.07, 6.45) is 0.755. The first-order valence-corrected chi connectivity index (χ1v) is 9.05. The maximum absolute atomic E-state index is 12.4. The average Bonchev–Trinajstić information content (AvgIpc) is 2.86. The summed E-state index contributed by atoms with van der Waals surface area (Å²) < 4.78 is 27.3. The molecule has 2 aromatic rings. The molecule has 1 aromatic carbocycles.